The fourth-order valence-corrected chi connectivity index (χ4v) is 4.43. The summed E-state index contributed by atoms with van der Waals surface area (Å²) in [5.41, 5.74) is 1.37. The van der Waals surface area contributed by atoms with Crippen LogP contribution in [0, 0.1) is 5.41 Å². The normalized spacial score (nSPS) is 17.3. The Labute approximate surface area is 189 Å². The number of likely N-dealkylation sites (tertiary alicyclic amines) is 1. The first kappa shape index (κ1) is 25.9. The molecule has 1 aliphatic heterocycles. The highest BCUT2D eigenvalue weighted by molar-refractivity contribution is 5.43. The Hall–Kier alpha value is -1.34. The molecule has 31 heavy (non-hydrogen) atoms. The fraction of sp³-hybridized carbons (Fsp3) is 0.760. The lowest BCUT2D eigenvalue weighted by molar-refractivity contribution is 0.0645. The number of β-amino-alcohol motifs (C(OH)–C–C–N with tert-alkyl or cyclic N) is 1. The van der Waals surface area contributed by atoms with Gasteiger partial charge in [0.25, 0.3) is 0 Å². The van der Waals surface area contributed by atoms with Crippen LogP contribution in [0.2, 0.25) is 0 Å². The summed E-state index contributed by atoms with van der Waals surface area (Å²) >= 11 is 0. The van der Waals surface area contributed by atoms with Gasteiger partial charge in [-0.15, -0.1) is 0 Å². The minimum Gasteiger partial charge on any atom is -0.493 e. The van der Waals surface area contributed by atoms with Crippen LogP contribution < -0.4 is 14.8 Å². The Morgan fingerprint density at radius 3 is 2.42 bits per heavy atom. The monoisotopic (exact) mass is 435 g/mol. The predicted octanol–water partition coefficient (Wildman–Crippen LogP) is 3.38. The van der Waals surface area contributed by atoms with Crippen LogP contribution >= 0.6 is 0 Å². The van der Waals surface area contributed by atoms with E-state index >= 15 is 0 Å². The summed E-state index contributed by atoms with van der Waals surface area (Å²) in [5, 5.41) is 14.0. The van der Waals surface area contributed by atoms with Crippen LogP contribution in [0.4, 0.5) is 0 Å². The Kier molecular flexibility index (Phi) is 11.1. The molecule has 6 nitrogen and oxygen atoms in total. The number of ether oxygens (including phenoxy) is 2. The highest BCUT2D eigenvalue weighted by atomic mass is 16.5. The Morgan fingerprint density at radius 1 is 1.10 bits per heavy atom. The third-order valence-corrected chi connectivity index (χ3v) is 5.75. The zero-order valence-corrected chi connectivity index (χ0v) is 20.5. The molecule has 0 radical (unpaired) electrons. The van der Waals surface area contributed by atoms with Gasteiger partial charge < -0.3 is 29.7 Å². The first-order chi connectivity index (χ1) is 14.8. The summed E-state index contributed by atoms with van der Waals surface area (Å²) in [7, 11) is 5.88. The average Bonchev–Trinajstić information content (AvgIpc) is 2.67. The van der Waals surface area contributed by atoms with E-state index in [-0.39, 0.29) is 12.0 Å². The van der Waals surface area contributed by atoms with Gasteiger partial charge in [-0.25, -0.2) is 0 Å². The maximum atomic E-state index is 10.5. The SMILES string of the molecule is COc1cc(CNCC(C)(C)CN(C)C)ccc1OC[C@H](O)CN1CCCCCCC1. The van der Waals surface area contributed by atoms with E-state index in [2.05, 4.69) is 49.1 Å². The summed E-state index contributed by atoms with van der Waals surface area (Å²) in [6, 6.07) is 6.03. The number of nitrogens with one attached hydrogen (secondary N) is 1. The molecule has 1 fully saturated rings. The molecule has 0 bridgehead atoms. The maximum Gasteiger partial charge on any atom is 0.161 e. The quantitative estimate of drug-likeness (QED) is 0.525. The second kappa shape index (κ2) is 13.3. The van der Waals surface area contributed by atoms with Crippen molar-refractivity contribution in [1.29, 1.82) is 0 Å². The molecule has 2 rings (SSSR count). The number of nitrogens with zero attached hydrogens (tertiary/aromatic N) is 2. The zero-order valence-electron chi connectivity index (χ0n) is 20.5. The molecule has 0 unspecified atom stereocenters. The molecule has 0 saturated carbocycles. The van der Waals surface area contributed by atoms with E-state index in [1.54, 1.807) is 7.11 Å². The van der Waals surface area contributed by atoms with E-state index in [0.717, 1.165) is 38.3 Å². The lowest BCUT2D eigenvalue weighted by atomic mass is 9.93. The van der Waals surface area contributed by atoms with Crippen LogP contribution in [0.15, 0.2) is 18.2 Å². The molecule has 0 aromatic heterocycles. The molecule has 0 aliphatic carbocycles. The summed E-state index contributed by atoms with van der Waals surface area (Å²) in [5.74, 6) is 1.40. The maximum absolute atomic E-state index is 10.5. The van der Waals surface area contributed by atoms with Crippen molar-refractivity contribution in [3.05, 3.63) is 23.8 Å². The van der Waals surface area contributed by atoms with Crippen molar-refractivity contribution < 1.29 is 14.6 Å². The zero-order chi connectivity index (χ0) is 22.7. The van der Waals surface area contributed by atoms with Crippen molar-refractivity contribution in [2.24, 2.45) is 5.41 Å². The van der Waals surface area contributed by atoms with Crippen LogP contribution in [-0.4, -0.2) is 81.5 Å². The van der Waals surface area contributed by atoms with Gasteiger partial charge in [0.1, 0.15) is 12.7 Å². The predicted molar refractivity (Wildman–Crippen MR) is 128 cm³/mol. The van der Waals surface area contributed by atoms with E-state index in [9.17, 15) is 5.11 Å². The lowest BCUT2D eigenvalue weighted by Gasteiger charge is -2.28. The Morgan fingerprint density at radius 2 is 1.77 bits per heavy atom. The largest absolute Gasteiger partial charge is 0.493 e. The van der Waals surface area contributed by atoms with E-state index in [4.69, 9.17) is 9.47 Å². The number of benzene rings is 1. The van der Waals surface area contributed by atoms with E-state index in [0.29, 0.717) is 18.0 Å². The third kappa shape index (κ3) is 10.2. The molecule has 0 amide bonds. The summed E-state index contributed by atoms with van der Waals surface area (Å²) < 4.78 is 11.5. The summed E-state index contributed by atoms with van der Waals surface area (Å²) in [6.07, 6.45) is 5.90. The van der Waals surface area contributed by atoms with E-state index in [1.807, 2.05) is 12.1 Å². The first-order valence-corrected chi connectivity index (χ1v) is 11.8. The molecule has 1 heterocycles. The van der Waals surface area contributed by atoms with Gasteiger partial charge in [-0.2, -0.15) is 0 Å². The van der Waals surface area contributed by atoms with Gasteiger partial charge in [0, 0.05) is 26.2 Å². The number of hydrogen-bond acceptors (Lipinski definition) is 6. The number of aliphatic hydroxyl groups is 1. The van der Waals surface area contributed by atoms with Gasteiger partial charge in [0.15, 0.2) is 11.5 Å². The van der Waals surface area contributed by atoms with Gasteiger partial charge in [0.2, 0.25) is 0 Å². The fourth-order valence-electron chi connectivity index (χ4n) is 4.43. The molecular weight excluding hydrogens is 390 g/mol. The van der Waals surface area contributed by atoms with Crippen LogP contribution in [0.3, 0.4) is 0 Å². The van der Waals surface area contributed by atoms with E-state index in [1.165, 1.54) is 32.1 Å². The molecular formula is C25H45N3O3. The molecule has 0 spiro atoms. The summed E-state index contributed by atoms with van der Waals surface area (Å²) in [4.78, 5) is 4.59. The van der Waals surface area contributed by atoms with Gasteiger partial charge in [0.05, 0.1) is 7.11 Å². The van der Waals surface area contributed by atoms with Crippen LogP contribution in [0.5, 0.6) is 11.5 Å². The molecule has 1 atom stereocenters. The lowest BCUT2D eigenvalue weighted by Crippen LogP contribution is -2.37. The number of hydrogen-bond donors (Lipinski definition) is 2. The first-order valence-electron chi connectivity index (χ1n) is 11.8. The molecule has 1 aromatic carbocycles. The van der Waals surface area contributed by atoms with Gasteiger partial charge >= 0.3 is 0 Å². The minimum atomic E-state index is -0.496. The standard InChI is InChI=1S/C25H45N3O3/c1-25(2,20-27(3)4)19-26-16-21-11-12-23(24(15-21)30-5)31-18-22(29)17-28-13-9-7-6-8-10-14-28/h11-12,15,22,26,29H,6-10,13-14,16-20H2,1-5H3/t22-/m1/s1. The smallest absolute Gasteiger partial charge is 0.161 e. The topological polar surface area (TPSA) is 57.2 Å². The van der Waals surface area contributed by atoms with Crippen molar-refractivity contribution in [1.82, 2.24) is 15.1 Å². The van der Waals surface area contributed by atoms with Gasteiger partial charge in [-0.1, -0.05) is 39.2 Å². The number of methoxy groups -OCH3 is 1. The highest BCUT2D eigenvalue weighted by Gasteiger charge is 2.18. The third-order valence-electron chi connectivity index (χ3n) is 5.75. The number of rotatable bonds is 12. The molecule has 2 N–H and O–H groups in total. The van der Waals surface area contributed by atoms with Crippen LogP contribution in [0.25, 0.3) is 0 Å². The van der Waals surface area contributed by atoms with Gasteiger partial charge in [-0.3, -0.25) is 0 Å². The molecule has 178 valence electrons. The second-order valence-corrected chi connectivity index (χ2v) is 10.0. The molecule has 1 aromatic rings. The van der Waals surface area contributed by atoms with Crippen LogP contribution in [-0.2, 0) is 6.54 Å². The van der Waals surface area contributed by atoms with E-state index < -0.39 is 6.10 Å². The van der Waals surface area contributed by atoms with Crippen LogP contribution in [0.1, 0.15) is 51.5 Å². The minimum absolute atomic E-state index is 0.208. The molecule has 1 aliphatic rings. The highest BCUT2D eigenvalue weighted by Crippen LogP contribution is 2.28. The van der Waals surface area contributed by atoms with Crippen molar-refractivity contribution in [2.45, 2.75) is 58.6 Å². The summed E-state index contributed by atoms with van der Waals surface area (Å²) in [6.45, 7) is 10.4. The second-order valence-electron chi connectivity index (χ2n) is 10.0. The van der Waals surface area contributed by atoms with Gasteiger partial charge in [-0.05, 0) is 63.1 Å². The number of aliphatic hydroxyl groups excluding tert-OH is 1. The van der Waals surface area contributed by atoms with Crippen molar-refractivity contribution in [2.75, 3.05) is 60.5 Å². The van der Waals surface area contributed by atoms with Crippen molar-refractivity contribution >= 4 is 0 Å². The van der Waals surface area contributed by atoms with Crippen molar-refractivity contribution in [3.63, 3.8) is 0 Å². The molecule has 1 saturated heterocycles. The Bertz CT molecular complexity index is 628. The average molecular weight is 436 g/mol. The molecule has 6 heteroatoms. The van der Waals surface area contributed by atoms with Crippen molar-refractivity contribution in [3.8, 4) is 11.5 Å². The Balaban J connectivity index is 1.81.